The molecule has 0 aromatic heterocycles. The zero-order chi connectivity index (χ0) is 21.5. The molecular weight excluding hydrogens is 344 g/mol. The van der Waals surface area contributed by atoms with E-state index in [0.29, 0.717) is 17.4 Å². The maximum Gasteiger partial charge on any atom is 0.119 e. The number of aromatic hydroxyl groups is 2. The van der Waals surface area contributed by atoms with E-state index < -0.39 is 0 Å². The molecule has 1 unspecified atom stereocenters. The molecule has 2 N–H and O–H groups in total. The highest BCUT2D eigenvalue weighted by molar-refractivity contribution is 5.44. The molecule has 0 aliphatic heterocycles. The van der Waals surface area contributed by atoms with Crippen LogP contribution in [0.5, 0.6) is 11.5 Å². The molecule has 0 aliphatic rings. The van der Waals surface area contributed by atoms with Crippen molar-refractivity contribution in [3.63, 3.8) is 0 Å². The van der Waals surface area contributed by atoms with Gasteiger partial charge in [-0.25, -0.2) is 0 Å². The van der Waals surface area contributed by atoms with Crippen LogP contribution >= 0.6 is 0 Å². The molecule has 2 aromatic rings. The Morgan fingerprint density at radius 3 is 1.68 bits per heavy atom. The third-order valence-electron chi connectivity index (χ3n) is 5.80. The van der Waals surface area contributed by atoms with Gasteiger partial charge in [0.25, 0.3) is 0 Å². The third kappa shape index (κ3) is 4.90. The van der Waals surface area contributed by atoms with E-state index in [0.717, 1.165) is 17.5 Å². The summed E-state index contributed by atoms with van der Waals surface area (Å²) in [4.78, 5) is 0. The standard InChI is InChI=1S/C26H38O2/c1-17(18-10-12-22(27)20(14-18)24(2,3)4)16-26(8,9)19-11-13-23(28)21(15-19)25(5,6)7/h10-15,17,27-28H,16H2,1-9H3. The largest absolute Gasteiger partial charge is 0.508 e. The molecule has 1 atom stereocenters. The molecule has 0 heterocycles. The first kappa shape index (κ1) is 22.3. The first-order valence-electron chi connectivity index (χ1n) is 10.3. The zero-order valence-corrected chi connectivity index (χ0v) is 19.1. The van der Waals surface area contributed by atoms with Crippen LogP contribution in [0.2, 0.25) is 0 Å². The maximum atomic E-state index is 10.3. The average molecular weight is 383 g/mol. The predicted octanol–water partition coefficient (Wildman–Crippen LogP) is 7.16. The van der Waals surface area contributed by atoms with Crippen molar-refractivity contribution >= 4 is 0 Å². The summed E-state index contributed by atoms with van der Waals surface area (Å²) >= 11 is 0. The topological polar surface area (TPSA) is 40.5 Å². The molecule has 0 radical (unpaired) electrons. The molecule has 2 aromatic carbocycles. The first-order valence-corrected chi connectivity index (χ1v) is 10.3. The van der Waals surface area contributed by atoms with Gasteiger partial charge in [0.1, 0.15) is 11.5 Å². The Hall–Kier alpha value is -1.96. The normalized spacial score (nSPS) is 14.2. The van der Waals surface area contributed by atoms with E-state index in [9.17, 15) is 10.2 Å². The summed E-state index contributed by atoms with van der Waals surface area (Å²) < 4.78 is 0. The highest BCUT2D eigenvalue weighted by Crippen LogP contribution is 2.40. The molecule has 28 heavy (non-hydrogen) atoms. The van der Waals surface area contributed by atoms with E-state index in [4.69, 9.17) is 0 Å². The average Bonchev–Trinajstić information content (AvgIpc) is 2.52. The molecule has 154 valence electrons. The minimum Gasteiger partial charge on any atom is -0.508 e. The van der Waals surface area contributed by atoms with E-state index in [1.807, 2.05) is 18.2 Å². The van der Waals surface area contributed by atoms with Gasteiger partial charge in [-0.3, -0.25) is 0 Å². The van der Waals surface area contributed by atoms with Crippen LogP contribution in [-0.2, 0) is 16.2 Å². The number of rotatable bonds is 4. The molecule has 0 spiro atoms. The maximum absolute atomic E-state index is 10.3. The van der Waals surface area contributed by atoms with Crippen molar-refractivity contribution in [1.82, 2.24) is 0 Å². The quantitative estimate of drug-likeness (QED) is 0.588. The van der Waals surface area contributed by atoms with E-state index in [1.165, 1.54) is 11.1 Å². The monoisotopic (exact) mass is 382 g/mol. The van der Waals surface area contributed by atoms with Crippen molar-refractivity contribution in [3.8, 4) is 11.5 Å². The van der Waals surface area contributed by atoms with E-state index in [1.54, 1.807) is 0 Å². The fourth-order valence-electron chi connectivity index (χ4n) is 4.02. The molecular formula is C26H38O2. The van der Waals surface area contributed by atoms with Crippen molar-refractivity contribution in [2.45, 2.75) is 90.9 Å². The van der Waals surface area contributed by atoms with E-state index in [-0.39, 0.29) is 16.2 Å². The molecule has 0 aliphatic carbocycles. The molecule has 0 saturated heterocycles. The van der Waals surface area contributed by atoms with Gasteiger partial charge >= 0.3 is 0 Å². The lowest BCUT2D eigenvalue weighted by Crippen LogP contribution is -2.22. The molecule has 0 saturated carbocycles. The molecule has 2 nitrogen and oxygen atoms in total. The minimum atomic E-state index is -0.0969. The van der Waals surface area contributed by atoms with Crippen LogP contribution in [0.15, 0.2) is 36.4 Å². The van der Waals surface area contributed by atoms with Gasteiger partial charge in [-0.15, -0.1) is 0 Å². The first-order chi connectivity index (χ1) is 12.6. The van der Waals surface area contributed by atoms with Gasteiger partial charge < -0.3 is 10.2 Å². The summed E-state index contributed by atoms with van der Waals surface area (Å²) in [5.41, 5.74) is 4.27. The minimum absolute atomic E-state index is 0.0348. The molecule has 0 amide bonds. The van der Waals surface area contributed by atoms with Crippen molar-refractivity contribution in [3.05, 3.63) is 58.7 Å². The summed E-state index contributed by atoms with van der Waals surface area (Å²) in [6.07, 6.45) is 0.982. The lowest BCUT2D eigenvalue weighted by atomic mass is 9.73. The van der Waals surface area contributed by atoms with Crippen LogP contribution in [-0.4, -0.2) is 10.2 Å². The fraction of sp³-hybridized carbons (Fsp3) is 0.538. The second-order valence-electron chi connectivity index (χ2n) is 11.0. The lowest BCUT2D eigenvalue weighted by molar-refractivity contribution is 0.425. The van der Waals surface area contributed by atoms with Gasteiger partial charge in [0.15, 0.2) is 0 Å². The van der Waals surface area contributed by atoms with Crippen LogP contribution in [0.1, 0.15) is 96.9 Å². The number of benzene rings is 2. The Morgan fingerprint density at radius 1 is 0.714 bits per heavy atom. The van der Waals surface area contributed by atoms with Gasteiger partial charge in [0, 0.05) is 0 Å². The second kappa shape index (κ2) is 7.46. The van der Waals surface area contributed by atoms with Crippen molar-refractivity contribution in [2.24, 2.45) is 0 Å². The summed E-state index contributed by atoms with van der Waals surface area (Å²) in [7, 11) is 0. The molecule has 2 heteroatoms. The van der Waals surface area contributed by atoms with Crippen molar-refractivity contribution < 1.29 is 10.2 Å². The van der Waals surface area contributed by atoms with E-state index >= 15 is 0 Å². The van der Waals surface area contributed by atoms with Gasteiger partial charge in [-0.1, -0.05) is 86.6 Å². The van der Waals surface area contributed by atoms with Crippen LogP contribution < -0.4 is 0 Å². The van der Waals surface area contributed by atoms with Crippen LogP contribution in [0.25, 0.3) is 0 Å². The third-order valence-corrected chi connectivity index (χ3v) is 5.80. The number of phenolic OH excluding ortho intramolecular Hbond substituents is 2. The second-order valence-corrected chi connectivity index (χ2v) is 11.0. The summed E-state index contributed by atoms with van der Waals surface area (Å²) in [6.45, 7) is 19.6. The Labute approximate surface area is 171 Å². The molecule has 2 rings (SSSR count). The Bertz CT molecular complexity index is 832. The van der Waals surface area contributed by atoms with Crippen molar-refractivity contribution in [2.75, 3.05) is 0 Å². The van der Waals surface area contributed by atoms with Crippen LogP contribution in [0.3, 0.4) is 0 Å². The Morgan fingerprint density at radius 2 is 1.18 bits per heavy atom. The van der Waals surface area contributed by atoms with Crippen molar-refractivity contribution in [1.29, 1.82) is 0 Å². The Kier molecular flexibility index (Phi) is 5.95. The molecule has 0 bridgehead atoms. The fourth-order valence-corrected chi connectivity index (χ4v) is 4.02. The molecule has 0 fully saturated rings. The van der Waals surface area contributed by atoms with Gasteiger partial charge in [-0.2, -0.15) is 0 Å². The Balaban J connectivity index is 2.34. The lowest BCUT2D eigenvalue weighted by Gasteiger charge is -2.31. The zero-order valence-electron chi connectivity index (χ0n) is 19.1. The van der Waals surface area contributed by atoms with Crippen LogP contribution in [0.4, 0.5) is 0 Å². The predicted molar refractivity (Wildman–Crippen MR) is 120 cm³/mol. The summed E-state index contributed by atoms with van der Waals surface area (Å²) in [5.74, 6) is 1.09. The van der Waals surface area contributed by atoms with Crippen LogP contribution in [0, 0.1) is 0 Å². The van der Waals surface area contributed by atoms with Gasteiger partial charge in [-0.05, 0) is 63.0 Å². The number of hydrogen-bond acceptors (Lipinski definition) is 2. The smallest absolute Gasteiger partial charge is 0.119 e. The summed E-state index contributed by atoms with van der Waals surface area (Å²) in [5, 5.41) is 20.6. The highest BCUT2D eigenvalue weighted by atomic mass is 16.3. The van der Waals surface area contributed by atoms with E-state index in [2.05, 4.69) is 80.5 Å². The van der Waals surface area contributed by atoms with Gasteiger partial charge in [0.05, 0.1) is 0 Å². The number of hydrogen-bond donors (Lipinski definition) is 2. The SMILES string of the molecule is CC(CC(C)(C)c1ccc(O)c(C(C)(C)C)c1)c1ccc(O)c(C(C)(C)C)c1. The number of phenols is 2. The summed E-state index contributed by atoms with van der Waals surface area (Å²) in [6, 6.07) is 12.1. The van der Waals surface area contributed by atoms with Gasteiger partial charge in [0.2, 0.25) is 0 Å². The highest BCUT2D eigenvalue weighted by Gasteiger charge is 2.28.